The Hall–Kier alpha value is -1.42. The molecule has 104 valence electrons. The summed E-state index contributed by atoms with van der Waals surface area (Å²) >= 11 is 0. The van der Waals surface area contributed by atoms with Gasteiger partial charge in [0.15, 0.2) is 0 Å². The lowest BCUT2D eigenvalue weighted by atomic mass is 10.1. The molecule has 1 aliphatic rings. The van der Waals surface area contributed by atoms with Crippen molar-refractivity contribution < 1.29 is 9.18 Å². The maximum atomic E-state index is 13.5. The molecule has 1 amide bonds. The Morgan fingerprint density at radius 3 is 2.95 bits per heavy atom. The second-order valence-electron chi connectivity index (χ2n) is 5.15. The molecular weight excluding hydrogens is 243 g/mol. The highest BCUT2D eigenvalue weighted by molar-refractivity contribution is 5.76. The van der Waals surface area contributed by atoms with Crippen molar-refractivity contribution in [1.82, 2.24) is 10.2 Å². The second kappa shape index (κ2) is 6.66. The lowest BCUT2D eigenvalue weighted by Gasteiger charge is -2.19. The number of benzene rings is 1. The highest BCUT2D eigenvalue weighted by Gasteiger charge is 2.19. The van der Waals surface area contributed by atoms with E-state index >= 15 is 0 Å². The summed E-state index contributed by atoms with van der Waals surface area (Å²) in [6.07, 6.45) is 3.34. The first-order valence-electron chi connectivity index (χ1n) is 6.87. The summed E-state index contributed by atoms with van der Waals surface area (Å²) in [5.41, 5.74) is 0.668. The first-order chi connectivity index (χ1) is 9.16. The van der Waals surface area contributed by atoms with Gasteiger partial charge in [-0.3, -0.25) is 4.79 Å². The Balaban J connectivity index is 1.78. The van der Waals surface area contributed by atoms with Crippen LogP contribution in [0, 0.1) is 5.82 Å². The highest BCUT2D eigenvalue weighted by Crippen LogP contribution is 2.11. The molecule has 19 heavy (non-hydrogen) atoms. The highest BCUT2D eigenvalue weighted by atomic mass is 19.1. The van der Waals surface area contributed by atoms with Gasteiger partial charge in [-0.05, 0) is 37.4 Å². The minimum absolute atomic E-state index is 0.135. The molecule has 1 atom stereocenters. The topological polar surface area (TPSA) is 32.3 Å². The number of carbonyl (C=O) groups excluding carboxylic acids is 1. The van der Waals surface area contributed by atoms with Crippen molar-refractivity contribution in [1.29, 1.82) is 0 Å². The Morgan fingerprint density at radius 1 is 1.47 bits per heavy atom. The number of likely N-dealkylation sites (N-methyl/N-ethyl adjacent to an activating group) is 1. The fraction of sp³-hybridized carbons (Fsp3) is 0.533. The molecule has 0 aromatic heterocycles. The minimum Gasteiger partial charge on any atom is -0.345 e. The zero-order valence-electron chi connectivity index (χ0n) is 11.4. The largest absolute Gasteiger partial charge is 0.345 e. The van der Waals surface area contributed by atoms with Gasteiger partial charge in [-0.1, -0.05) is 18.2 Å². The van der Waals surface area contributed by atoms with Crippen LogP contribution in [0.1, 0.15) is 24.8 Å². The number of carbonyl (C=O) groups is 1. The molecule has 1 saturated heterocycles. The second-order valence-corrected chi connectivity index (χ2v) is 5.15. The van der Waals surface area contributed by atoms with E-state index in [4.69, 9.17) is 0 Å². The first kappa shape index (κ1) is 14.0. The molecule has 1 unspecified atom stereocenters. The molecule has 4 heteroatoms. The van der Waals surface area contributed by atoms with Gasteiger partial charge in [-0.15, -0.1) is 0 Å². The van der Waals surface area contributed by atoms with Crippen LogP contribution < -0.4 is 5.32 Å². The SMILES string of the molecule is CN(CCc1ccccc1F)C(=O)CC1CCCN1. The van der Waals surface area contributed by atoms with E-state index < -0.39 is 0 Å². The number of rotatable bonds is 5. The third-order valence-electron chi connectivity index (χ3n) is 3.68. The van der Waals surface area contributed by atoms with Crippen LogP contribution in [0.25, 0.3) is 0 Å². The maximum absolute atomic E-state index is 13.5. The van der Waals surface area contributed by atoms with Crippen molar-refractivity contribution in [2.45, 2.75) is 31.7 Å². The maximum Gasteiger partial charge on any atom is 0.223 e. The van der Waals surface area contributed by atoms with E-state index in [1.54, 1.807) is 24.1 Å². The smallest absolute Gasteiger partial charge is 0.223 e. The first-order valence-corrected chi connectivity index (χ1v) is 6.87. The monoisotopic (exact) mass is 264 g/mol. The van der Waals surface area contributed by atoms with Crippen LogP contribution in [0.15, 0.2) is 24.3 Å². The van der Waals surface area contributed by atoms with E-state index in [1.165, 1.54) is 6.07 Å². The standard InChI is InChI=1S/C15H21FN2O/c1-18(15(19)11-13-6-4-9-17-13)10-8-12-5-2-3-7-14(12)16/h2-3,5,7,13,17H,4,6,8-11H2,1H3. The van der Waals surface area contributed by atoms with Crippen molar-refractivity contribution in [2.75, 3.05) is 20.1 Å². The zero-order chi connectivity index (χ0) is 13.7. The number of nitrogens with zero attached hydrogens (tertiary/aromatic N) is 1. The van der Waals surface area contributed by atoms with Crippen LogP contribution in [0.4, 0.5) is 4.39 Å². The predicted octanol–water partition coefficient (Wildman–Crippen LogP) is 1.97. The Labute approximate surface area is 113 Å². The molecule has 0 aliphatic carbocycles. The summed E-state index contributed by atoms with van der Waals surface area (Å²) in [7, 11) is 1.79. The Kier molecular flexibility index (Phi) is 4.91. The third-order valence-corrected chi connectivity index (χ3v) is 3.68. The summed E-state index contributed by atoms with van der Waals surface area (Å²) in [6.45, 7) is 1.57. The molecule has 2 rings (SSSR count). The summed E-state index contributed by atoms with van der Waals surface area (Å²) in [5.74, 6) is -0.0588. The van der Waals surface area contributed by atoms with Crippen LogP contribution in [0.2, 0.25) is 0 Å². The fourth-order valence-corrected chi connectivity index (χ4v) is 2.41. The van der Waals surface area contributed by atoms with E-state index in [9.17, 15) is 9.18 Å². The molecule has 3 nitrogen and oxygen atoms in total. The van der Waals surface area contributed by atoms with Crippen molar-refractivity contribution in [2.24, 2.45) is 0 Å². The van der Waals surface area contributed by atoms with Gasteiger partial charge in [-0.2, -0.15) is 0 Å². The van der Waals surface area contributed by atoms with Gasteiger partial charge >= 0.3 is 0 Å². The molecule has 0 saturated carbocycles. The Morgan fingerprint density at radius 2 is 2.26 bits per heavy atom. The lowest BCUT2D eigenvalue weighted by Crippen LogP contribution is -2.34. The average Bonchev–Trinajstić information content (AvgIpc) is 2.90. The van der Waals surface area contributed by atoms with Gasteiger partial charge in [0.25, 0.3) is 0 Å². The van der Waals surface area contributed by atoms with E-state index in [0.717, 1.165) is 19.4 Å². The molecule has 1 aromatic carbocycles. The normalized spacial score (nSPS) is 18.5. The van der Waals surface area contributed by atoms with Crippen molar-refractivity contribution in [3.8, 4) is 0 Å². The average molecular weight is 264 g/mol. The lowest BCUT2D eigenvalue weighted by molar-refractivity contribution is -0.130. The summed E-state index contributed by atoms with van der Waals surface area (Å²) in [4.78, 5) is 13.7. The van der Waals surface area contributed by atoms with Crippen LogP contribution in [-0.2, 0) is 11.2 Å². The number of nitrogens with one attached hydrogen (secondary N) is 1. The Bertz CT molecular complexity index is 430. The number of amides is 1. The van der Waals surface area contributed by atoms with Crippen molar-refractivity contribution >= 4 is 5.91 Å². The molecular formula is C15H21FN2O. The van der Waals surface area contributed by atoms with Crippen molar-refractivity contribution in [3.05, 3.63) is 35.6 Å². The van der Waals surface area contributed by atoms with Crippen LogP contribution in [-0.4, -0.2) is 37.0 Å². The number of hydrogen-bond acceptors (Lipinski definition) is 2. The van der Waals surface area contributed by atoms with Gasteiger partial charge in [0, 0.05) is 26.1 Å². The van der Waals surface area contributed by atoms with Crippen molar-refractivity contribution in [3.63, 3.8) is 0 Å². The van der Waals surface area contributed by atoms with Crippen LogP contribution >= 0.6 is 0 Å². The number of hydrogen-bond donors (Lipinski definition) is 1. The molecule has 1 heterocycles. The fourth-order valence-electron chi connectivity index (χ4n) is 2.41. The summed E-state index contributed by atoms with van der Waals surface area (Å²) in [6, 6.07) is 7.05. The van der Waals surface area contributed by atoms with Gasteiger partial charge in [0.2, 0.25) is 5.91 Å². The minimum atomic E-state index is -0.194. The summed E-state index contributed by atoms with van der Waals surface area (Å²) < 4.78 is 13.5. The van der Waals surface area contributed by atoms with Gasteiger partial charge in [0.05, 0.1) is 0 Å². The van der Waals surface area contributed by atoms with E-state index in [-0.39, 0.29) is 11.7 Å². The van der Waals surface area contributed by atoms with Gasteiger partial charge < -0.3 is 10.2 Å². The van der Waals surface area contributed by atoms with Crippen LogP contribution in [0.5, 0.6) is 0 Å². The molecule has 1 aromatic rings. The predicted molar refractivity (Wildman–Crippen MR) is 73.4 cm³/mol. The molecule has 0 radical (unpaired) electrons. The molecule has 1 aliphatic heterocycles. The molecule has 0 spiro atoms. The van der Waals surface area contributed by atoms with Gasteiger partial charge in [0.1, 0.15) is 5.82 Å². The third kappa shape index (κ3) is 4.03. The molecule has 1 N–H and O–H groups in total. The van der Waals surface area contributed by atoms with E-state index in [0.29, 0.717) is 31.0 Å². The zero-order valence-corrected chi connectivity index (χ0v) is 11.4. The number of halogens is 1. The van der Waals surface area contributed by atoms with Gasteiger partial charge in [-0.25, -0.2) is 4.39 Å². The van der Waals surface area contributed by atoms with Crippen LogP contribution in [0.3, 0.4) is 0 Å². The molecule has 0 bridgehead atoms. The summed E-state index contributed by atoms with van der Waals surface area (Å²) in [5, 5.41) is 3.32. The van der Waals surface area contributed by atoms with E-state index in [1.807, 2.05) is 6.07 Å². The van der Waals surface area contributed by atoms with E-state index in [2.05, 4.69) is 5.32 Å². The quantitative estimate of drug-likeness (QED) is 0.882. The molecule has 1 fully saturated rings.